The molecule has 0 atom stereocenters. The molecule has 304 valence electrons. The van der Waals surface area contributed by atoms with Gasteiger partial charge in [-0.15, -0.1) is 0 Å². The minimum Gasteiger partial charge on any atom is -0.456 e. The average molecular weight is 820 g/mol. The number of rotatable bonds is 5. The smallest absolute Gasteiger partial charge is 0.135 e. The molecule has 2 aliphatic carbocycles. The van der Waals surface area contributed by atoms with E-state index in [-0.39, 0.29) is 10.8 Å². The molecule has 0 saturated carbocycles. The van der Waals surface area contributed by atoms with Crippen molar-refractivity contribution in [3.63, 3.8) is 0 Å². The molecule has 64 heavy (non-hydrogen) atoms. The largest absolute Gasteiger partial charge is 0.456 e. The zero-order chi connectivity index (χ0) is 42.9. The maximum absolute atomic E-state index is 6.44. The van der Waals surface area contributed by atoms with Crippen LogP contribution in [0.25, 0.3) is 88.0 Å². The number of fused-ring (bicyclic) bond motifs is 11. The predicted molar refractivity (Wildman–Crippen MR) is 269 cm³/mol. The van der Waals surface area contributed by atoms with E-state index in [9.17, 15) is 0 Å². The van der Waals surface area contributed by atoms with Gasteiger partial charge >= 0.3 is 0 Å². The number of furan rings is 1. The maximum Gasteiger partial charge on any atom is 0.135 e. The Hall–Kier alpha value is -7.68. The standard InChI is InChI=1S/C62H45NO/c1-61(2)54-33-42-17-9-8-16-41(42)31-50(54)51-32-43-26-27-45(30-44(43)34-55(51)61)63(58-20-12-10-18-47(58)40-24-22-39(23-25-40)38-14-6-5-7-15-38)46-28-29-48-52-36-53-49-19-11-13-21-59(49)64-60(53)37-57(52)62(3,4)56(48)35-46/h5-37H,1-4H3. The molecule has 0 amide bonds. The van der Waals surface area contributed by atoms with Gasteiger partial charge in [-0.3, -0.25) is 0 Å². The van der Waals surface area contributed by atoms with Gasteiger partial charge in [-0.25, -0.2) is 0 Å². The van der Waals surface area contributed by atoms with E-state index in [4.69, 9.17) is 4.42 Å². The minimum absolute atomic E-state index is 0.134. The van der Waals surface area contributed by atoms with E-state index in [1.165, 1.54) is 88.3 Å². The quantitative estimate of drug-likeness (QED) is 0.172. The number of hydrogen-bond acceptors (Lipinski definition) is 2. The Morgan fingerprint density at radius 1 is 0.328 bits per heavy atom. The third kappa shape index (κ3) is 5.39. The summed E-state index contributed by atoms with van der Waals surface area (Å²) in [5.41, 5.74) is 20.3. The summed E-state index contributed by atoms with van der Waals surface area (Å²) in [5.74, 6) is 0. The molecular weight excluding hydrogens is 775 g/mol. The predicted octanol–water partition coefficient (Wildman–Crippen LogP) is 17.3. The van der Waals surface area contributed by atoms with Crippen molar-refractivity contribution >= 4 is 60.5 Å². The summed E-state index contributed by atoms with van der Waals surface area (Å²) in [7, 11) is 0. The van der Waals surface area contributed by atoms with Crippen molar-refractivity contribution in [2.45, 2.75) is 38.5 Å². The lowest BCUT2D eigenvalue weighted by Gasteiger charge is -2.30. The van der Waals surface area contributed by atoms with Crippen molar-refractivity contribution < 1.29 is 4.42 Å². The summed E-state index contributed by atoms with van der Waals surface area (Å²) in [6, 6.07) is 74.2. The van der Waals surface area contributed by atoms with Crippen molar-refractivity contribution in [3.05, 3.63) is 222 Å². The fourth-order valence-electron chi connectivity index (χ4n) is 11.2. The highest BCUT2D eigenvalue weighted by Gasteiger charge is 2.38. The Bertz CT molecular complexity index is 3720. The van der Waals surface area contributed by atoms with Crippen LogP contribution in [0.5, 0.6) is 0 Å². The number of nitrogens with zero attached hydrogens (tertiary/aromatic N) is 1. The molecular formula is C62H45NO. The van der Waals surface area contributed by atoms with Crippen LogP contribution in [0.15, 0.2) is 205 Å². The number of anilines is 3. The molecule has 13 rings (SSSR count). The molecule has 0 aliphatic heterocycles. The molecule has 0 saturated heterocycles. The number of para-hydroxylation sites is 2. The first-order chi connectivity index (χ1) is 31.2. The zero-order valence-electron chi connectivity index (χ0n) is 36.4. The second kappa shape index (κ2) is 13.4. The van der Waals surface area contributed by atoms with Crippen LogP contribution < -0.4 is 4.90 Å². The van der Waals surface area contributed by atoms with Gasteiger partial charge < -0.3 is 9.32 Å². The molecule has 2 nitrogen and oxygen atoms in total. The van der Waals surface area contributed by atoms with Gasteiger partial charge in [-0.1, -0.05) is 155 Å². The fourth-order valence-corrected chi connectivity index (χ4v) is 11.2. The van der Waals surface area contributed by atoms with Gasteiger partial charge in [0.2, 0.25) is 0 Å². The Morgan fingerprint density at radius 2 is 0.875 bits per heavy atom. The van der Waals surface area contributed by atoms with Crippen LogP contribution in [-0.2, 0) is 10.8 Å². The molecule has 1 aromatic heterocycles. The summed E-state index contributed by atoms with van der Waals surface area (Å²) < 4.78 is 6.44. The Kier molecular flexibility index (Phi) is 7.74. The molecule has 1 heterocycles. The minimum atomic E-state index is -0.248. The van der Waals surface area contributed by atoms with E-state index in [0.29, 0.717) is 0 Å². The van der Waals surface area contributed by atoms with E-state index in [0.717, 1.165) is 39.0 Å². The first-order valence-electron chi connectivity index (χ1n) is 22.5. The van der Waals surface area contributed by atoms with Crippen molar-refractivity contribution in [2.75, 3.05) is 4.90 Å². The van der Waals surface area contributed by atoms with E-state index in [1.807, 2.05) is 6.07 Å². The SMILES string of the molecule is CC1(C)c2cc3ccccc3cc2-c2cc3ccc(N(c4ccc5c(c4)C(C)(C)c4cc6oc7ccccc7c6cc4-5)c4ccccc4-c4ccc(-c5ccccc5)cc4)cc3cc21. The molecule has 2 aliphatic rings. The second-order valence-corrected chi connectivity index (χ2v) is 18.9. The van der Waals surface area contributed by atoms with Crippen molar-refractivity contribution in [1.29, 1.82) is 0 Å². The average Bonchev–Trinajstić information content (AvgIpc) is 3.88. The Morgan fingerprint density at radius 3 is 1.66 bits per heavy atom. The zero-order valence-corrected chi connectivity index (χ0v) is 36.4. The lowest BCUT2D eigenvalue weighted by atomic mass is 9.81. The molecule has 2 heteroatoms. The van der Waals surface area contributed by atoms with E-state index in [2.05, 4.69) is 227 Å². The van der Waals surface area contributed by atoms with E-state index in [1.54, 1.807) is 0 Å². The molecule has 0 N–H and O–H groups in total. The monoisotopic (exact) mass is 819 g/mol. The third-order valence-electron chi connectivity index (χ3n) is 14.6. The lowest BCUT2D eigenvalue weighted by molar-refractivity contribution is 0.647. The van der Waals surface area contributed by atoms with Crippen molar-refractivity contribution in [1.82, 2.24) is 0 Å². The third-order valence-corrected chi connectivity index (χ3v) is 14.6. The van der Waals surface area contributed by atoms with Crippen molar-refractivity contribution in [3.8, 4) is 44.5 Å². The van der Waals surface area contributed by atoms with Crippen LogP contribution in [0, 0.1) is 0 Å². The first-order valence-corrected chi connectivity index (χ1v) is 22.5. The van der Waals surface area contributed by atoms with Crippen LogP contribution >= 0.6 is 0 Å². The Balaban J connectivity index is 0.989. The van der Waals surface area contributed by atoms with Crippen LogP contribution in [0.4, 0.5) is 17.1 Å². The highest BCUT2D eigenvalue weighted by Crippen LogP contribution is 2.54. The normalized spacial score (nSPS) is 14.2. The summed E-state index contributed by atoms with van der Waals surface area (Å²) in [4.78, 5) is 2.48. The first kappa shape index (κ1) is 36.9. The summed E-state index contributed by atoms with van der Waals surface area (Å²) >= 11 is 0. The highest BCUT2D eigenvalue weighted by atomic mass is 16.3. The van der Waals surface area contributed by atoms with Crippen LogP contribution in [0.2, 0.25) is 0 Å². The van der Waals surface area contributed by atoms with Gasteiger partial charge in [0.15, 0.2) is 0 Å². The topological polar surface area (TPSA) is 16.4 Å². The lowest BCUT2D eigenvalue weighted by Crippen LogP contribution is -2.17. The van der Waals surface area contributed by atoms with Gasteiger partial charge in [-0.2, -0.15) is 0 Å². The number of hydrogen-bond donors (Lipinski definition) is 0. The van der Waals surface area contributed by atoms with Gasteiger partial charge in [0.1, 0.15) is 11.2 Å². The molecule has 10 aromatic carbocycles. The van der Waals surface area contributed by atoms with Gasteiger partial charge in [0.05, 0.1) is 5.69 Å². The molecule has 11 aromatic rings. The Labute approximate surface area is 373 Å². The van der Waals surface area contributed by atoms with Gasteiger partial charge in [0.25, 0.3) is 0 Å². The van der Waals surface area contributed by atoms with Gasteiger partial charge in [0, 0.05) is 38.5 Å². The van der Waals surface area contributed by atoms with Gasteiger partial charge in [-0.05, 0) is 156 Å². The summed E-state index contributed by atoms with van der Waals surface area (Å²) in [6.07, 6.45) is 0. The fraction of sp³-hybridized carbons (Fsp3) is 0.0968. The summed E-state index contributed by atoms with van der Waals surface area (Å²) in [5, 5.41) is 7.38. The summed E-state index contributed by atoms with van der Waals surface area (Å²) in [6.45, 7) is 9.50. The molecule has 0 fully saturated rings. The molecule has 0 spiro atoms. The van der Waals surface area contributed by atoms with Crippen molar-refractivity contribution in [2.24, 2.45) is 0 Å². The number of benzene rings is 10. The highest BCUT2D eigenvalue weighted by molar-refractivity contribution is 6.08. The van der Waals surface area contributed by atoms with Crippen LogP contribution in [0.1, 0.15) is 49.9 Å². The molecule has 0 radical (unpaired) electrons. The maximum atomic E-state index is 6.44. The van der Waals surface area contributed by atoms with E-state index >= 15 is 0 Å². The molecule has 0 bridgehead atoms. The van der Waals surface area contributed by atoms with Crippen LogP contribution in [0.3, 0.4) is 0 Å². The molecule has 0 unspecified atom stereocenters. The van der Waals surface area contributed by atoms with E-state index < -0.39 is 0 Å². The van der Waals surface area contributed by atoms with Crippen LogP contribution in [-0.4, -0.2) is 0 Å². The second-order valence-electron chi connectivity index (χ2n) is 18.9.